The Morgan fingerprint density at radius 1 is 1.33 bits per heavy atom. The van der Waals surface area contributed by atoms with Crippen LogP contribution >= 0.6 is 11.8 Å². The lowest BCUT2D eigenvalue weighted by molar-refractivity contribution is -0.115. The van der Waals surface area contributed by atoms with Crippen LogP contribution in [0, 0.1) is 6.92 Å². The average molecular weight is 346 g/mol. The van der Waals surface area contributed by atoms with Crippen LogP contribution in [0.4, 0.5) is 5.69 Å². The number of ketones is 1. The standard InChI is InChI=1S/C16H18N4O3S/c1-4-13(24-16-18-14(22)9(2)19-20-16)15(23)17-12-7-5-6-11(8-12)10(3)21/h5-8,13H,4H2,1-3H3,(H,17,23)(H,18,20,22). The van der Waals surface area contributed by atoms with Gasteiger partial charge in [-0.2, -0.15) is 0 Å². The Balaban J connectivity index is 2.11. The molecule has 1 atom stereocenters. The summed E-state index contributed by atoms with van der Waals surface area (Å²) >= 11 is 1.14. The van der Waals surface area contributed by atoms with Gasteiger partial charge in [-0.25, -0.2) is 0 Å². The SMILES string of the molecule is CCC(Sc1nnc(C)c(=O)[nH]1)C(=O)Nc1cccc(C(C)=O)c1. The highest BCUT2D eigenvalue weighted by molar-refractivity contribution is 8.00. The summed E-state index contributed by atoms with van der Waals surface area (Å²) in [7, 11) is 0. The third-order valence-corrected chi connectivity index (χ3v) is 4.53. The molecule has 0 saturated heterocycles. The van der Waals surface area contributed by atoms with Gasteiger partial charge in [0.05, 0.1) is 5.25 Å². The van der Waals surface area contributed by atoms with E-state index in [2.05, 4.69) is 20.5 Å². The van der Waals surface area contributed by atoms with Gasteiger partial charge in [0.15, 0.2) is 10.9 Å². The van der Waals surface area contributed by atoms with Crippen molar-refractivity contribution in [3.05, 3.63) is 45.9 Å². The second-order valence-electron chi connectivity index (χ2n) is 5.19. The minimum Gasteiger partial charge on any atom is -0.325 e. The number of benzene rings is 1. The van der Waals surface area contributed by atoms with E-state index in [1.165, 1.54) is 6.92 Å². The summed E-state index contributed by atoms with van der Waals surface area (Å²) in [6, 6.07) is 6.75. The number of aromatic nitrogens is 3. The van der Waals surface area contributed by atoms with Crippen LogP contribution in [0.2, 0.25) is 0 Å². The van der Waals surface area contributed by atoms with E-state index >= 15 is 0 Å². The van der Waals surface area contributed by atoms with Crippen molar-refractivity contribution in [2.45, 2.75) is 37.6 Å². The van der Waals surface area contributed by atoms with Crippen molar-refractivity contribution in [3.8, 4) is 0 Å². The van der Waals surface area contributed by atoms with Gasteiger partial charge in [0, 0.05) is 11.3 Å². The van der Waals surface area contributed by atoms with Crippen LogP contribution in [-0.4, -0.2) is 32.1 Å². The summed E-state index contributed by atoms with van der Waals surface area (Å²) in [5.74, 6) is -0.300. The molecule has 7 nitrogen and oxygen atoms in total. The lowest BCUT2D eigenvalue weighted by Gasteiger charge is -2.14. The number of hydrogen-bond donors (Lipinski definition) is 2. The van der Waals surface area contributed by atoms with Gasteiger partial charge >= 0.3 is 0 Å². The number of Topliss-reactive ketones (excluding diaryl/α,β-unsaturated/α-hetero) is 1. The van der Waals surface area contributed by atoms with Gasteiger partial charge in [-0.05, 0) is 32.4 Å². The monoisotopic (exact) mass is 346 g/mol. The first-order valence-electron chi connectivity index (χ1n) is 7.42. The molecule has 0 saturated carbocycles. The van der Waals surface area contributed by atoms with Gasteiger partial charge in [-0.1, -0.05) is 30.8 Å². The molecule has 24 heavy (non-hydrogen) atoms. The van der Waals surface area contributed by atoms with Crippen molar-refractivity contribution in [1.29, 1.82) is 0 Å². The second-order valence-corrected chi connectivity index (χ2v) is 6.38. The van der Waals surface area contributed by atoms with E-state index in [-0.39, 0.29) is 22.9 Å². The van der Waals surface area contributed by atoms with E-state index in [1.54, 1.807) is 31.2 Å². The van der Waals surface area contributed by atoms with Crippen molar-refractivity contribution in [1.82, 2.24) is 15.2 Å². The zero-order valence-electron chi connectivity index (χ0n) is 13.6. The molecule has 0 aliphatic heterocycles. The number of carbonyl (C=O) groups is 2. The van der Waals surface area contributed by atoms with E-state index in [9.17, 15) is 14.4 Å². The van der Waals surface area contributed by atoms with E-state index in [0.717, 1.165) is 11.8 Å². The van der Waals surface area contributed by atoms with Gasteiger partial charge in [-0.3, -0.25) is 19.4 Å². The second kappa shape index (κ2) is 7.87. The lowest BCUT2D eigenvalue weighted by atomic mass is 10.1. The highest BCUT2D eigenvalue weighted by atomic mass is 32.2. The number of carbonyl (C=O) groups excluding carboxylic acids is 2. The van der Waals surface area contributed by atoms with Crippen molar-refractivity contribution in [2.75, 3.05) is 5.32 Å². The number of aromatic amines is 1. The van der Waals surface area contributed by atoms with E-state index in [4.69, 9.17) is 0 Å². The molecule has 0 spiro atoms. The lowest BCUT2D eigenvalue weighted by Crippen LogP contribution is -2.25. The molecule has 0 aliphatic carbocycles. The Morgan fingerprint density at radius 2 is 2.08 bits per heavy atom. The minimum absolute atomic E-state index is 0.0694. The maximum Gasteiger partial charge on any atom is 0.273 e. The molecule has 1 aromatic carbocycles. The fourth-order valence-corrected chi connectivity index (χ4v) is 2.77. The minimum atomic E-state index is -0.446. The summed E-state index contributed by atoms with van der Waals surface area (Å²) < 4.78 is 0. The van der Waals surface area contributed by atoms with Gasteiger partial charge in [0.1, 0.15) is 5.69 Å². The molecule has 0 aliphatic rings. The van der Waals surface area contributed by atoms with Gasteiger partial charge in [0.2, 0.25) is 5.91 Å². The topological polar surface area (TPSA) is 105 Å². The third-order valence-electron chi connectivity index (χ3n) is 3.29. The highest BCUT2D eigenvalue weighted by Crippen LogP contribution is 2.22. The van der Waals surface area contributed by atoms with Crippen LogP contribution in [0.3, 0.4) is 0 Å². The van der Waals surface area contributed by atoms with Crippen LogP contribution in [0.25, 0.3) is 0 Å². The third kappa shape index (κ3) is 4.51. The number of hydrogen-bond acceptors (Lipinski definition) is 6. The van der Waals surface area contributed by atoms with Crippen LogP contribution in [0.5, 0.6) is 0 Å². The fraction of sp³-hybridized carbons (Fsp3) is 0.312. The first-order chi connectivity index (χ1) is 11.4. The Morgan fingerprint density at radius 3 is 2.71 bits per heavy atom. The number of nitrogens with zero attached hydrogens (tertiary/aromatic N) is 2. The Kier molecular flexibility index (Phi) is 5.86. The summed E-state index contributed by atoms with van der Waals surface area (Å²) in [6.07, 6.45) is 0.542. The van der Waals surface area contributed by atoms with Crippen LogP contribution in [0.1, 0.15) is 36.3 Å². The number of rotatable bonds is 6. The smallest absolute Gasteiger partial charge is 0.273 e. The molecule has 0 bridgehead atoms. The van der Waals surface area contributed by atoms with Crippen molar-refractivity contribution in [3.63, 3.8) is 0 Å². The largest absolute Gasteiger partial charge is 0.325 e. The molecule has 1 aromatic heterocycles. The molecular formula is C16H18N4O3S. The number of nitrogens with one attached hydrogen (secondary N) is 2. The maximum atomic E-state index is 12.4. The van der Waals surface area contributed by atoms with Gasteiger partial charge in [0.25, 0.3) is 5.56 Å². The summed E-state index contributed by atoms with van der Waals surface area (Å²) in [4.78, 5) is 38.0. The van der Waals surface area contributed by atoms with Crippen molar-refractivity contribution >= 4 is 29.1 Å². The Hall–Kier alpha value is -2.48. The molecule has 8 heteroatoms. The molecule has 2 rings (SSSR count). The van der Waals surface area contributed by atoms with Crippen LogP contribution in [0.15, 0.2) is 34.2 Å². The Bertz CT molecular complexity index is 819. The maximum absolute atomic E-state index is 12.4. The molecule has 1 heterocycles. The van der Waals surface area contributed by atoms with E-state index in [1.807, 2.05) is 6.92 Å². The molecule has 2 aromatic rings. The first-order valence-corrected chi connectivity index (χ1v) is 8.30. The Labute approximate surface area is 143 Å². The number of aryl methyl sites for hydroxylation is 1. The zero-order valence-corrected chi connectivity index (χ0v) is 14.4. The summed E-state index contributed by atoms with van der Waals surface area (Å²) in [6.45, 7) is 4.90. The first kappa shape index (κ1) is 17.9. The van der Waals surface area contributed by atoms with E-state index < -0.39 is 5.25 Å². The quantitative estimate of drug-likeness (QED) is 0.613. The molecule has 126 valence electrons. The molecular weight excluding hydrogens is 328 g/mol. The number of amides is 1. The van der Waals surface area contributed by atoms with Crippen molar-refractivity contribution < 1.29 is 9.59 Å². The molecule has 1 unspecified atom stereocenters. The van der Waals surface area contributed by atoms with Crippen LogP contribution < -0.4 is 10.9 Å². The summed E-state index contributed by atoms with van der Waals surface area (Å²) in [5, 5.41) is 10.3. The zero-order chi connectivity index (χ0) is 17.7. The number of H-pyrrole nitrogens is 1. The van der Waals surface area contributed by atoms with Gasteiger partial charge in [-0.15, -0.1) is 10.2 Å². The molecule has 0 radical (unpaired) electrons. The molecule has 1 amide bonds. The summed E-state index contributed by atoms with van der Waals surface area (Å²) in [5.41, 5.74) is 1.03. The normalized spacial score (nSPS) is 11.8. The predicted octanol–water partition coefficient (Wildman–Crippen LogP) is 2.19. The molecule has 0 fully saturated rings. The fourth-order valence-electron chi connectivity index (χ4n) is 1.93. The predicted molar refractivity (Wildman–Crippen MR) is 92.4 cm³/mol. The van der Waals surface area contributed by atoms with Crippen LogP contribution in [-0.2, 0) is 4.79 Å². The van der Waals surface area contributed by atoms with Gasteiger partial charge < -0.3 is 5.32 Å². The number of anilines is 1. The highest BCUT2D eigenvalue weighted by Gasteiger charge is 2.20. The van der Waals surface area contributed by atoms with Crippen molar-refractivity contribution in [2.24, 2.45) is 0 Å². The number of thioether (sulfide) groups is 1. The molecule has 2 N–H and O–H groups in total. The van der Waals surface area contributed by atoms with E-state index in [0.29, 0.717) is 22.8 Å². The average Bonchev–Trinajstić information content (AvgIpc) is 2.55.